The Kier molecular flexibility index (Phi) is 14.1. The molecule has 2 saturated carbocycles. The van der Waals surface area contributed by atoms with Crippen LogP contribution in [0.2, 0.25) is 0 Å². The van der Waals surface area contributed by atoms with Crippen LogP contribution in [0.5, 0.6) is 0 Å². The molecule has 2 N–H and O–H groups in total. The molecule has 10 nitrogen and oxygen atoms in total. The Morgan fingerprint density at radius 3 is 1.33 bits per heavy atom. The fourth-order valence-electron chi connectivity index (χ4n) is 6.37. The molecule has 4 fully saturated rings. The highest BCUT2D eigenvalue weighted by Gasteiger charge is 2.34. The lowest BCUT2D eigenvalue weighted by molar-refractivity contribution is -0.243. The van der Waals surface area contributed by atoms with Crippen LogP contribution in [0.25, 0.3) is 0 Å². The normalized spacial score (nSPS) is 35.2. The Balaban J connectivity index is 0.000000216. The van der Waals surface area contributed by atoms with Gasteiger partial charge in [0, 0.05) is 11.8 Å². The number of carbonyl (C=O) groups is 2. The molecule has 4 aliphatic rings. The minimum Gasteiger partial charge on any atom is -0.450 e. The molecular weight excluding hydrogens is 508 g/mol. The van der Waals surface area contributed by atoms with Crippen LogP contribution >= 0.6 is 0 Å². The largest absolute Gasteiger partial charge is 0.506 e. The van der Waals surface area contributed by atoms with Gasteiger partial charge in [-0.2, -0.15) is 0 Å². The molecular formula is C29H50O10. The summed E-state index contributed by atoms with van der Waals surface area (Å²) in [5.74, 6) is 2.66. The standard InChI is InChI=1S/C15H26O5.C14H24O5/c1-2-3-4-11-5-7-12(8-6-11)14-18-9-13(10-19-14)20-15(16)17;1-2-3-10-4-6-11(7-5-10)13-17-8-12(9-18-13)19-14(15)16/h11-14H,2-10H2,1H3,(H,16,17);10-13H,2-9H2,1H3,(H,15,16)/t;10-,11-,12-,13-. The van der Waals surface area contributed by atoms with Crippen LogP contribution in [-0.2, 0) is 28.4 Å². The maximum absolute atomic E-state index is 10.4. The molecule has 10 heteroatoms. The fraction of sp³-hybridized carbons (Fsp3) is 0.931. The van der Waals surface area contributed by atoms with Crippen molar-refractivity contribution in [3.63, 3.8) is 0 Å². The van der Waals surface area contributed by atoms with Crippen molar-refractivity contribution < 1.29 is 48.2 Å². The van der Waals surface area contributed by atoms with E-state index >= 15 is 0 Å². The van der Waals surface area contributed by atoms with Crippen molar-refractivity contribution in [2.24, 2.45) is 23.7 Å². The van der Waals surface area contributed by atoms with E-state index in [0.717, 1.165) is 37.5 Å². The molecule has 0 aromatic rings. The van der Waals surface area contributed by atoms with E-state index in [0.29, 0.717) is 38.3 Å². The third-order valence-corrected chi connectivity index (χ3v) is 8.54. The molecule has 2 aliphatic carbocycles. The number of hydrogen-bond acceptors (Lipinski definition) is 8. The zero-order valence-corrected chi connectivity index (χ0v) is 23.8. The molecule has 0 amide bonds. The van der Waals surface area contributed by atoms with Crippen LogP contribution in [0.3, 0.4) is 0 Å². The van der Waals surface area contributed by atoms with Gasteiger partial charge < -0.3 is 38.6 Å². The van der Waals surface area contributed by atoms with Gasteiger partial charge in [-0.25, -0.2) is 9.59 Å². The Morgan fingerprint density at radius 1 is 0.615 bits per heavy atom. The van der Waals surface area contributed by atoms with Gasteiger partial charge in [0.25, 0.3) is 0 Å². The van der Waals surface area contributed by atoms with Gasteiger partial charge in [-0.15, -0.1) is 0 Å². The maximum Gasteiger partial charge on any atom is 0.506 e. The lowest BCUT2D eigenvalue weighted by atomic mass is 9.79. The summed E-state index contributed by atoms with van der Waals surface area (Å²) in [4.78, 5) is 20.9. The van der Waals surface area contributed by atoms with E-state index in [1.807, 2.05) is 0 Å². The molecule has 226 valence electrons. The first kappa shape index (κ1) is 31.9. The molecule has 0 atom stereocenters. The van der Waals surface area contributed by atoms with E-state index in [1.165, 1.54) is 57.8 Å². The second-order valence-electron chi connectivity index (χ2n) is 11.6. The molecule has 0 unspecified atom stereocenters. The number of hydrogen-bond donors (Lipinski definition) is 2. The predicted octanol–water partition coefficient (Wildman–Crippen LogP) is 6.45. The predicted molar refractivity (Wildman–Crippen MR) is 143 cm³/mol. The van der Waals surface area contributed by atoms with Crippen LogP contribution < -0.4 is 0 Å². The lowest BCUT2D eigenvalue weighted by Gasteiger charge is -2.37. The molecule has 0 spiro atoms. The van der Waals surface area contributed by atoms with Crippen molar-refractivity contribution >= 4 is 12.3 Å². The summed E-state index contributed by atoms with van der Waals surface area (Å²) in [6.45, 7) is 5.73. The van der Waals surface area contributed by atoms with Gasteiger partial charge in [0.2, 0.25) is 0 Å². The molecule has 2 saturated heterocycles. The SMILES string of the molecule is CCCCC1CCC(C2OCC(OC(=O)O)CO2)CC1.CCC[C@H]1CC[C@H]([C@H]2OC[C@H](OC(=O)O)CO2)CC1. The first-order valence-electron chi connectivity index (χ1n) is 15.1. The van der Waals surface area contributed by atoms with Gasteiger partial charge >= 0.3 is 12.3 Å². The maximum atomic E-state index is 10.4. The summed E-state index contributed by atoms with van der Waals surface area (Å²) in [7, 11) is 0. The van der Waals surface area contributed by atoms with Crippen LogP contribution in [0.1, 0.15) is 97.3 Å². The summed E-state index contributed by atoms with van der Waals surface area (Å²) in [6, 6.07) is 0. The average molecular weight is 559 g/mol. The van der Waals surface area contributed by atoms with Crippen molar-refractivity contribution in [1.29, 1.82) is 0 Å². The van der Waals surface area contributed by atoms with E-state index in [2.05, 4.69) is 23.3 Å². The quantitative estimate of drug-likeness (QED) is 0.305. The van der Waals surface area contributed by atoms with Gasteiger partial charge in [0.15, 0.2) is 24.8 Å². The van der Waals surface area contributed by atoms with Gasteiger partial charge in [0.05, 0.1) is 26.4 Å². The monoisotopic (exact) mass is 558 g/mol. The summed E-state index contributed by atoms with van der Waals surface area (Å²) in [5.41, 5.74) is 0. The zero-order chi connectivity index (χ0) is 28.0. The average Bonchev–Trinajstić information content (AvgIpc) is 2.93. The van der Waals surface area contributed by atoms with Gasteiger partial charge in [-0.1, -0.05) is 46.0 Å². The highest BCUT2D eigenvalue weighted by molar-refractivity contribution is 5.57. The Labute approximate surface area is 233 Å². The second kappa shape index (κ2) is 17.3. The van der Waals surface area contributed by atoms with Crippen molar-refractivity contribution in [2.45, 2.75) is 122 Å². The Bertz CT molecular complexity index is 686. The summed E-state index contributed by atoms with van der Waals surface area (Å²) >= 11 is 0. The van der Waals surface area contributed by atoms with Crippen LogP contribution in [0, 0.1) is 23.7 Å². The molecule has 0 radical (unpaired) electrons. The highest BCUT2D eigenvalue weighted by Crippen LogP contribution is 2.36. The number of unbranched alkanes of at least 4 members (excludes halogenated alkanes) is 1. The summed E-state index contributed by atoms with van der Waals surface area (Å²) in [6.07, 6.45) is 12.4. The molecule has 0 bridgehead atoms. The van der Waals surface area contributed by atoms with Crippen molar-refractivity contribution in [3.8, 4) is 0 Å². The number of rotatable bonds is 9. The number of carboxylic acid groups (broad SMARTS) is 2. The lowest BCUT2D eigenvalue weighted by Crippen LogP contribution is -2.42. The smallest absolute Gasteiger partial charge is 0.450 e. The summed E-state index contributed by atoms with van der Waals surface area (Å²) < 4.78 is 31.8. The zero-order valence-electron chi connectivity index (χ0n) is 23.8. The molecule has 4 rings (SSSR count). The van der Waals surface area contributed by atoms with Crippen LogP contribution in [0.4, 0.5) is 9.59 Å². The Morgan fingerprint density at radius 2 is 1.00 bits per heavy atom. The summed E-state index contributed by atoms with van der Waals surface area (Å²) in [5, 5.41) is 17.1. The van der Waals surface area contributed by atoms with Crippen molar-refractivity contribution in [3.05, 3.63) is 0 Å². The molecule has 2 heterocycles. The molecule has 0 aromatic heterocycles. The van der Waals surface area contributed by atoms with E-state index in [9.17, 15) is 9.59 Å². The third-order valence-electron chi connectivity index (χ3n) is 8.54. The van der Waals surface area contributed by atoms with Crippen LogP contribution in [-0.4, -0.2) is 73.7 Å². The molecule has 2 aliphatic heterocycles. The van der Waals surface area contributed by atoms with E-state index < -0.39 is 24.5 Å². The Hall–Kier alpha value is -1.62. The van der Waals surface area contributed by atoms with Gasteiger partial charge in [-0.05, 0) is 63.2 Å². The molecule has 0 aromatic carbocycles. The first-order chi connectivity index (χ1) is 18.9. The van der Waals surface area contributed by atoms with E-state index in [1.54, 1.807) is 0 Å². The fourth-order valence-corrected chi connectivity index (χ4v) is 6.37. The molecule has 39 heavy (non-hydrogen) atoms. The van der Waals surface area contributed by atoms with E-state index in [4.69, 9.17) is 29.2 Å². The minimum absolute atomic E-state index is 0.170. The topological polar surface area (TPSA) is 130 Å². The van der Waals surface area contributed by atoms with Crippen LogP contribution in [0.15, 0.2) is 0 Å². The van der Waals surface area contributed by atoms with Crippen molar-refractivity contribution in [2.75, 3.05) is 26.4 Å². The van der Waals surface area contributed by atoms with Gasteiger partial charge in [-0.3, -0.25) is 0 Å². The number of ether oxygens (including phenoxy) is 6. The van der Waals surface area contributed by atoms with E-state index in [-0.39, 0.29) is 12.6 Å². The van der Waals surface area contributed by atoms with Crippen molar-refractivity contribution in [1.82, 2.24) is 0 Å². The van der Waals surface area contributed by atoms with Gasteiger partial charge in [0.1, 0.15) is 0 Å². The second-order valence-corrected chi connectivity index (χ2v) is 11.6. The minimum atomic E-state index is -1.27. The first-order valence-corrected chi connectivity index (χ1v) is 15.1. The highest BCUT2D eigenvalue weighted by atomic mass is 16.7. The third kappa shape index (κ3) is 11.4.